The summed E-state index contributed by atoms with van der Waals surface area (Å²) >= 11 is 3.52. The first-order valence-electron chi connectivity index (χ1n) is 12.7. The largest absolute Gasteiger partial charge is 0.299 e. The van der Waals surface area contributed by atoms with E-state index in [9.17, 15) is 9.18 Å². The number of Topliss-reactive ketones (excluding diaryl/α,β-unsaturated/α-hetero) is 1. The molecular weight excluding hydrogens is 453 g/mol. The van der Waals surface area contributed by atoms with Crippen LogP contribution in [0, 0.1) is 18.8 Å². The van der Waals surface area contributed by atoms with E-state index in [1.807, 2.05) is 24.5 Å². The lowest BCUT2D eigenvalue weighted by Gasteiger charge is -2.64. The zero-order valence-electron chi connectivity index (χ0n) is 19.6. The Balaban J connectivity index is 0.927. The lowest BCUT2D eigenvalue weighted by molar-refractivity contribution is -0.158. The number of halogens is 1. The number of alkyl halides is 1. The predicted molar refractivity (Wildman–Crippen MR) is 131 cm³/mol. The molecule has 4 aliphatic carbocycles. The summed E-state index contributed by atoms with van der Waals surface area (Å²) in [4.78, 5) is 26.9. The van der Waals surface area contributed by atoms with Gasteiger partial charge in [0, 0.05) is 47.3 Å². The Morgan fingerprint density at radius 3 is 2.64 bits per heavy atom. The summed E-state index contributed by atoms with van der Waals surface area (Å²) in [6.07, 6.45) is 12.6. The van der Waals surface area contributed by atoms with Crippen molar-refractivity contribution < 1.29 is 9.18 Å². The average Bonchev–Trinajstić information content (AvgIpc) is 3.35. The highest BCUT2D eigenvalue weighted by Gasteiger charge is 2.71. The van der Waals surface area contributed by atoms with Crippen molar-refractivity contribution in [2.75, 3.05) is 13.1 Å². The van der Waals surface area contributed by atoms with E-state index in [0.29, 0.717) is 18.1 Å². The molecule has 4 nitrogen and oxygen atoms in total. The topological polar surface area (TPSA) is 46.1 Å². The van der Waals surface area contributed by atoms with E-state index in [0.717, 1.165) is 67.5 Å². The van der Waals surface area contributed by atoms with Crippen molar-refractivity contribution in [1.29, 1.82) is 0 Å². The maximum Gasteiger partial charge on any atom is 0.138 e. The molecule has 4 saturated carbocycles. The lowest BCUT2D eigenvalue weighted by Crippen LogP contribution is -2.67. The average molecular weight is 488 g/mol. The minimum Gasteiger partial charge on any atom is -0.299 e. The number of nitrogens with zero attached hydrogens (tertiary/aromatic N) is 3. The van der Waals surface area contributed by atoms with Gasteiger partial charge in [0.05, 0.1) is 15.7 Å². The highest BCUT2D eigenvalue weighted by molar-refractivity contribution is 7.12. The fourth-order valence-electron chi connectivity index (χ4n) is 6.73. The van der Waals surface area contributed by atoms with Crippen molar-refractivity contribution in [1.82, 2.24) is 14.9 Å². The summed E-state index contributed by atoms with van der Waals surface area (Å²) in [7, 11) is 0. The van der Waals surface area contributed by atoms with Crippen LogP contribution in [0.3, 0.4) is 0 Å². The van der Waals surface area contributed by atoms with Crippen LogP contribution in [0.4, 0.5) is 4.39 Å². The molecule has 0 N–H and O–H groups in total. The lowest BCUT2D eigenvalue weighted by atomic mass is 9.42. The zero-order chi connectivity index (χ0) is 22.6. The molecule has 7 rings (SSSR count). The third-order valence-electron chi connectivity index (χ3n) is 8.60. The van der Waals surface area contributed by atoms with Crippen LogP contribution in [-0.4, -0.2) is 39.4 Å². The third kappa shape index (κ3) is 4.45. The molecule has 0 radical (unpaired) electrons. The fraction of sp³-hybridized carbons (Fsp3) is 0.731. The SMILES string of the molecule is Cc1ncc(CC(=O)CC2CCC(CCN3CCc4sc(C56CC(F)(C5)C6)nc4C3)CC2)s1. The van der Waals surface area contributed by atoms with Gasteiger partial charge in [-0.3, -0.25) is 9.69 Å². The predicted octanol–water partition coefficient (Wildman–Crippen LogP) is 5.81. The minimum atomic E-state index is -0.842. The third-order valence-corrected chi connectivity index (χ3v) is 10.9. The molecule has 2 aromatic heterocycles. The van der Waals surface area contributed by atoms with E-state index in [1.54, 1.807) is 11.3 Å². The Morgan fingerprint density at radius 2 is 1.94 bits per heavy atom. The molecule has 0 aromatic carbocycles. The number of carbonyl (C=O) groups is 1. The number of fused-ring (bicyclic) bond motifs is 1. The van der Waals surface area contributed by atoms with Gasteiger partial charge >= 0.3 is 0 Å². The van der Waals surface area contributed by atoms with Gasteiger partial charge in [0.25, 0.3) is 0 Å². The van der Waals surface area contributed by atoms with Crippen molar-refractivity contribution in [3.8, 4) is 0 Å². The molecule has 1 aliphatic heterocycles. The highest BCUT2D eigenvalue weighted by Crippen LogP contribution is 2.70. The number of aromatic nitrogens is 2. The van der Waals surface area contributed by atoms with Gasteiger partial charge in [-0.1, -0.05) is 12.8 Å². The Bertz CT molecular complexity index is 1020. The van der Waals surface area contributed by atoms with Gasteiger partial charge in [0.15, 0.2) is 0 Å². The van der Waals surface area contributed by atoms with Gasteiger partial charge in [0.1, 0.15) is 11.5 Å². The molecule has 5 aliphatic rings. The Morgan fingerprint density at radius 1 is 1.18 bits per heavy atom. The van der Waals surface area contributed by atoms with E-state index >= 15 is 0 Å². The molecule has 33 heavy (non-hydrogen) atoms. The number of rotatable bonds is 8. The summed E-state index contributed by atoms with van der Waals surface area (Å²) in [6, 6.07) is 0. The van der Waals surface area contributed by atoms with E-state index in [-0.39, 0.29) is 5.41 Å². The Labute approximate surface area is 204 Å². The molecule has 2 aromatic rings. The van der Waals surface area contributed by atoms with Crippen LogP contribution in [0.1, 0.15) is 83.3 Å². The Hall–Kier alpha value is -1.18. The quantitative estimate of drug-likeness (QED) is 0.472. The van der Waals surface area contributed by atoms with Crippen LogP contribution in [0.25, 0.3) is 0 Å². The molecule has 7 heteroatoms. The number of ketones is 1. The van der Waals surface area contributed by atoms with Gasteiger partial charge < -0.3 is 0 Å². The first-order chi connectivity index (χ1) is 15.9. The van der Waals surface area contributed by atoms with E-state index in [4.69, 9.17) is 4.98 Å². The maximum absolute atomic E-state index is 13.9. The smallest absolute Gasteiger partial charge is 0.138 e. The van der Waals surface area contributed by atoms with Crippen LogP contribution >= 0.6 is 22.7 Å². The van der Waals surface area contributed by atoms with Crippen molar-refractivity contribution >= 4 is 28.5 Å². The molecule has 2 bridgehead atoms. The number of aryl methyl sites for hydroxylation is 1. The van der Waals surface area contributed by atoms with E-state index < -0.39 is 5.67 Å². The molecule has 0 saturated heterocycles. The molecule has 0 spiro atoms. The standard InChI is InChI=1S/C26H34FN3OS2/c1-17-28-12-21(32-17)11-20(31)10-19-4-2-18(3-5-19)6-8-30-9-7-23-22(13-30)29-24(33-23)25-14-26(27,15-25)16-25/h12,18-19H,2-11,13-16H2,1H3. The molecule has 3 heterocycles. The molecule has 0 unspecified atom stereocenters. The second-order valence-corrected chi connectivity index (χ2v) is 13.7. The van der Waals surface area contributed by atoms with Gasteiger partial charge in [0.2, 0.25) is 0 Å². The number of hydrogen-bond acceptors (Lipinski definition) is 6. The van der Waals surface area contributed by atoms with Crippen molar-refractivity contribution in [3.63, 3.8) is 0 Å². The van der Waals surface area contributed by atoms with E-state index in [2.05, 4.69) is 9.88 Å². The van der Waals surface area contributed by atoms with Gasteiger partial charge in [-0.2, -0.15) is 0 Å². The second kappa shape index (κ2) is 8.49. The summed E-state index contributed by atoms with van der Waals surface area (Å²) in [5, 5.41) is 2.27. The van der Waals surface area contributed by atoms with Crippen LogP contribution in [0.15, 0.2) is 6.20 Å². The summed E-state index contributed by atoms with van der Waals surface area (Å²) in [5.74, 6) is 1.76. The fourth-order valence-corrected chi connectivity index (χ4v) is 8.79. The van der Waals surface area contributed by atoms with Crippen LogP contribution in [-0.2, 0) is 29.6 Å². The van der Waals surface area contributed by atoms with Crippen LogP contribution < -0.4 is 0 Å². The number of carbonyl (C=O) groups excluding carboxylic acids is 1. The summed E-state index contributed by atoms with van der Waals surface area (Å²) in [6.45, 7) is 5.26. The monoisotopic (exact) mass is 487 g/mol. The normalized spacial score (nSPS) is 33.3. The van der Waals surface area contributed by atoms with Crippen LogP contribution in [0.5, 0.6) is 0 Å². The van der Waals surface area contributed by atoms with Crippen molar-refractivity contribution in [3.05, 3.63) is 31.7 Å². The molecule has 0 atom stereocenters. The summed E-state index contributed by atoms with van der Waals surface area (Å²) in [5.41, 5.74) is 0.545. The van der Waals surface area contributed by atoms with Crippen molar-refractivity contribution in [2.45, 2.75) is 95.2 Å². The maximum atomic E-state index is 13.9. The molecule has 178 valence electrons. The second-order valence-electron chi connectivity index (χ2n) is 11.3. The molecular formula is C26H34FN3OS2. The Kier molecular flexibility index (Phi) is 5.73. The van der Waals surface area contributed by atoms with E-state index in [1.165, 1.54) is 47.7 Å². The van der Waals surface area contributed by atoms with Crippen molar-refractivity contribution in [2.24, 2.45) is 11.8 Å². The summed E-state index contributed by atoms with van der Waals surface area (Å²) < 4.78 is 13.9. The van der Waals surface area contributed by atoms with Gasteiger partial charge in [-0.05, 0) is 70.3 Å². The van der Waals surface area contributed by atoms with Gasteiger partial charge in [-0.15, -0.1) is 22.7 Å². The molecule has 4 fully saturated rings. The number of hydrogen-bond donors (Lipinski definition) is 0. The first kappa shape index (κ1) is 22.3. The minimum absolute atomic E-state index is 0.112. The van der Waals surface area contributed by atoms with Gasteiger partial charge in [-0.25, -0.2) is 14.4 Å². The highest BCUT2D eigenvalue weighted by atomic mass is 32.1. The first-order valence-corrected chi connectivity index (χ1v) is 14.3. The van der Waals surface area contributed by atoms with Crippen LogP contribution in [0.2, 0.25) is 0 Å². The zero-order valence-corrected chi connectivity index (χ0v) is 21.2. The number of thiazole rings is 2. The molecule has 0 amide bonds.